The van der Waals surface area contributed by atoms with Gasteiger partial charge in [0.1, 0.15) is 11.6 Å². The number of aliphatic carboxylic acids is 1. The number of nitrogens with one attached hydrogen (secondary N) is 1. The van der Waals surface area contributed by atoms with Crippen molar-refractivity contribution in [3.8, 4) is 6.07 Å². The minimum atomic E-state index is -3.85. The van der Waals surface area contributed by atoms with Gasteiger partial charge in [0.15, 0.2) is 9.84 Å². The summed E-state index contributed by atoms with van der Waals surface area (Å²) in [7, 11) is -3.85. The van der Waals surface area contributed by atoms with Gasteiger partial charge in [-0.3, -0.25) is 19.3 Å². The van der Waals surface area contributed by atoms with E-state index in [2.05, 4.69) is 21.2 Å². The zero-order chi connectivity index (χ0) is 28.7. The smallest absolute Gasteiger partial charge is 0.304 e. The zero-order valence-electron chi connectivity index (χ0n) is 22.2. The van der Waals surface area contributed by atoms with Crippen LogP contribution in [0.1, 0.15) is 44.9 Å². The molecule has 3 atom stereocenters. The van der Waals surface area contributed by atoms with Crippen molar-refractivity contribution in [2.24, 2.45) is 0 Å². The minimum Gasteiger partial charge on any atom is -0.481 e. The Morgan fingerprint density at radius 3 is 2.30 bits per heavy atom. The standard InChI is InChI=1S/C27H34ClN5O6S/c28-18-1-3-20(4-2-18)40(38,39)21-15-23(25(36)30-27(17-29)9-10-27)33(16-21)26(37)22-7-14-32(22)19-5-11-31(12-6-19)13-8-24(34)35/h1-4,19,21-23H,5-16H2,(H,30,36)(H,34,35)/t21-,22?,23+/m1/s1. The molecular weight excluding hydrogens is 558 g/mol. The van der Waals surface area contributed by atoms with Crippen LogP contribution < -0.4 is 5.32 Å². The van der Waals surface area contributed by atoms with Crippen molar-refractivity contribution >= 4 is 39.2 Å². The molecule has 5 rings (SSSR count). The van der Waals surface area contributed by atoms with Gasteiger partial charge < -0.3 is 20.2 Å². The summed E-state index contributed by atoms with van der Waals surface area (Å²) in [6.07, 6.45) is 3.37. The number of carbonyl (C=O) groups is 3. The molecule has 216 valence electrons. The Morgan fingerprint density at radius 2 is 1.75 bits per heavy atom. The van der Waals surface area contributed by atoms with Crippen molar-refractivity contribution in [1.29, 1.82) is 5.26 Å². The van der Waals surface area contributed by atoms with Crippen molar-refractivity contribution in [1.82, 2.24) is 20.0 Å². The van der Waals surface area contributed by atoms with Gasteiger partial charge in [-0.1, -0.05) is 11.6 Å². The third kappa shape index (κ3) is 5.84. The number of likely N-dealkylation sites (tertiary alicyclic amines) is 3. The highest BCUT2D eigenvalue weighted by atomic mass is 35.5. The monoisotopic (exact) mass is 591 g/mol. The number of rotatable bonds is 9. The second kappa shape index (κ2) is 11.3. The van der Waals surface area contributed by atoms with Gasteiger partial charge >= 0.3 is 5.97 Å². The quantitative estimate of drug-likeness (QED) is 0.432. The van der Waals surface area contributed by atoms with Gasteiger partial charge in [0.05, 0.1) is 28.7 Å². The van der Waals surface area contributed by atoms with Crippen LogP contribution in [0.25, 0.3) is 0 Å². The number of benzene rings is 1. The number of halogens is 1. The van der Waals surface area contributed by atoms with Crippen LogP contribution in [0.5, 0.6) is 0 Å². The van der Waals surface area contributed by atoms with Gasteiger partial charge in [0.25, 0.3) is 0 Å². The zero-order valence-corrected chi connectivity index (χ0v) is 23.7. The van der Waals surface area contributed by atoms with E-state index in [0.717, 1.165) is 32.5 Å². The van der Waals surface area contributed by atoms with Gasteiger partial charge in [-0.2, -0.15) is 5.26 Å². The number of hydrogen-bond acceptors (Lipinski definition) is 8. The van der Waals surface area contributed by atoms with Gasteiger partial charge in [-0.25, -0.2) is 8.42 Å². The Kier molecular flexibility index (Phi) is 8.12. The van der Waals surface area contributed by atoms with Crippen molar-refractivity contribution in [2.45, 2.75) is 78.8 Å². The fourth-order valence-corrected chi connectivity index (χ4v) is 7.89. The number of carboxylic acids is 1. The van der Waals surface area contributed by atoms with Crippen LogP contribution in [0.15, 0.2) is 29.2 Å². The first-order valence-corrected chi connectivity index (χ1v) is 15.7. The number of sulfone groups is 1. The van der Waals surface area contributed by atoms with Crippen LogP contribution in [0.3, 0.4) is 0 Å². The van der Waals surface area contributed by atoms with E-state index in [1.807, 2.05) is 0 Å². The SMILES string of the molecule is N#CC1(NC(=O)[C@@H]2C[C@@H](S(=O)(=O)c3ccc(Cl)cc3)CN2C(=O)C2CCN2C2CCN(CCC(=O)O)CC2)CC1. The molecule has 3 saturated heterocycles. The molecule has 0 radical (unpaired) electrons. The molecule has 1 aromatic rings. The summed E-state index contributed by atoms with van der Waals surface area (Å²) < 4.78 is 27.0. The normalized spacial score (nSPS) is 27.0. The molecule has 13 heteroatoms. The first-order chi connectivity index (χ1) is 19.0. The molecule has 0 aromatic heterocycles. The predicted molar refractivity (Wildman–Crippen MR) is 145 cm³/mol. The molecule has 4 fully saturated rings. The summed E-state index contributed by atoms with van der Waals surface area (Å²) in [6.45, 7) is 2.65. The Balaban J connectivity index is 1.30. The minimum absolute atomic E-state index is 0.0429. The number of carboxylic acid groups (broad SMARTS) is 1. The average molecular weight is 592 g/mol. The summed E-state index contributed by atoms with van der Waals surface area (Å²) in [5, 5.41) is 20.6. The maximum atomic E-state index is 13.9. The highest BCUT2D eigenvalue weighted by Gasteiger charge is 2.52. The summed E-state index contributed by atoms with van der Waals surface area (Å²) >= 11 is 5.95. The molecule has 1 unspecified atom stereocenters. The number of nitrogens with zero attached hydrogens (tertiary/aromatic N) is 4. The molecule has 40 heavy (non-hydrogen) atoms. The van der Waals surface area contributed by atoms with E-state index in [1.165, 1.54) is 29.2 Å². The van der Waals surface area contributed by atoms with Gasteiger partial charge in [-0.15, -0.1) is 0 Å². The lowest BCUT2D eigenvalue weighted by Crippen LogP contribution is -2.63. The van der Waals surface area contributed by atoms with Crippen molar-refractivity contribution in [3.05, 3.63) is 29.3 Å². The first-order valence-electron chi connectivity index (χ1n) is 13.8. The molecule has 0 bridgehead atoms. The summed E-state index contributed by atoms with van der Waals surface area (Å²) in [5.74, 6) is -1.56. The lowest BCUT2D eigenvalue weighted by atomic mass is 9.93. The molecule has 3 aliphatic heterocycles. The molecule has 3 heterocycles. The fourth-order valence-electron chi connectivity index (χ4n) is 6.07. The van der Waals surface area contributed by atoms with E-state index < -0.39 is 44.6 Å². The van der Waals surface area contributed by atoms with Crippen molar-refractivity contribution in [3.63, 3.8) is 0 Å². The maximum Gasteiger partial charge on any atom is 0.304 e. The van der Waals surface area contributed by atoms with Crippen LogP contribution in [0.2, 0.25) is 5.02 Å². The molecule has 2 amide bonds. The van der Waals surface area contributed by atoms with E-state index in [0.29, 0.717) is 30.8 Å². The van der Waals surface area contributed by atoms with Crippen LogP contribution >= 0.6 is 11.6 Å². The summed E-state index contributed by atoms with van der Waals surface area (Å²) in [6, 6.07) is 6.74. The Hall–Kier alpha value is -2.72. The van der Waals surface area contributed by atoms with Crippen LogP contribution in [-0.4, -0.2) is 108 Å². The molecule has 1 saturated carbocycles. The van der Waals surface area contributed by atoms with Crippen LogP contribution in [-0.2, 0) is 24.2 Å². The second-order valence-corrected chi connectivity index (χ2v) is 14.0. The molecule has 2 N–H and O–H groups in total. The van der Waals surface area contributed by atoms with E-state index in [9.17, 15) is 28.1 Å². The van der Waals surface area contributed by atoms with E-state index in [1.54, 1.807) is 0 Å². The van der Waals surface area contributed by atoms with Gasteiger partial charge in [0, 0.05) is 30.7 Å². The third-order valence-electron chi connectivity index (χ3n) is 8.77. The highest BCUT2D eigenvalue weighted by molar-refractivity contribution is 7.92. The number of carbonyl (C=O) groups excluding carboxylic acids is 2. The second-order valence-electron chi connectivity index (χ2n) is 11.3. The van der Waals surface area contributed by atoms with Crippen molar-refractivity contribution < 1.29 is 27.9 Å². The van der Waals surface area contributed by atoms with Gasteiger partial charge in [-0.05, 0) is 75.9 Å². The molecule has 0 spiro atoms. The van der Waals surface area contributed by atoms with Gasteiger partial charge in [0.2, 0.25) is 11.8 Å². The molecule has 1 aromatic carbocycles. The van der Waals surface area contributed by atoms with Crippen LogP contribution in [0.4, 0.5) is 0 Å². The lowest BCUT2D eigenvalue weighted by Gasteiger charge is -2.49. The maximum absolute atomic E-state index is 13.9. The highest BCUT2D eigenvalue weighted by Crippen LogP contribution is 2.37. The predicted octanol–water partition coefficient (Wildman–Crippen LogP) is 1.27. The average Bonchev–Trinajstić information content (AvgIpc) is 3.52. The van der Waals surface area contributed by atoms with E-state index >= 15 is 0 Å². The number of amides is 2. The molecule has 1 aliphatic carbocycles. The number of hydrogen-bond donors (Lipinski definition) is 2. The fraction of sp³-hybridized carbons (Fsp3) is 0.630. The molecule has 4 aliphatic rings. The topological polar surface area (TPSA) is 151 Å². The largest absolute Gasteiger partial charge is 0.481 e. The Morgan fingerprint density at radius 1 is 1.07 bits per heavy atom. The molecular formula is C27H34ClN5O6S. The first kappa shape index (κ1) is 28.8. The van der Waals surface area contributed by atoms with E-state index in [-0.39, 0.29) is 36.2 Å². The van der Waals surface area contributed by atoms with Crippen LogP contribution in [0, 0.1) is 11.3 Å². The number of piperidine rings is 1. The summed E-state index contributed by atoms with van der Waals surface area (Å²) in [5.41, 5.74) is -0.934. The van der Waals surface area contributed by atoms with Crippen molar-refractivity contribution in [2.75, 3.05) is 32.7 Å². The Labute approximate surface area is 239 Å². The number of nitriles is 1. The molecule has 11 nitrogen and oxygen atoms in total. The Bertz CT molecular complexity index is 1300. The third-order valence-corrected chi connectivity index (χ3v) is 11.2. The lowest BCUT2D eigenvalue weighted by molar-refractivity contribution is -0.149. The summed E-state index contributed by atoms with van der Waals surface area (Å²) in [4.78, 5) is 43.9. The van der Waals surface area contributed by atoms with E-state index in [4.69, 9.17) is 16.7 Å².